The average molecular weight is 348 g/mol. The van der Waals surface area contributed by atoms with Crippen LogP contribution in [0.5, 0.6) is 0 Å². The predicted molar refractivity (Wildman–Crippen MR) is 73.8 cm³/mol. The molecular weight excluding hydrogens is 334 g/mol. The second-order valence-corrected chi connectivity index (χ2v) is 6.52. The fourth-order valence-corrected chi connectivity index (χ4v) is 3.40. The van der Waals surface area contributed by atoms with E-state index in [9.17, 15) is 26.8 Å². The van der Waals surface area contributed by atoms with Crippen molar-refractivity contribution in [2.75, 3.05) is 13.7 Å². The zero-order valence-corrected chi connectivity index (χ0v) is 12.9. The Hall–Kier alpha value is -2.23. The number of likely N-dealkylation sites (tertiary alicyclic amines) is 1. The summed E-state index contributed by atoms with van der Waals surface area (Å²) >= 11 is 0. The lowest BCUT2D eigenvalue weighted by molar-refractivity contribution is -0.123. The van der Waals surface area contributed by atoms with Crippen LogP contribution in [-0.2, 0) is 19.6 Å². The highest BCUT2D eigenvalue weighted by Crippen LogP contribution is 2.20. The van der Waals surface area contributed by atoms with E-state index >= 15 is 0 Å². The van der Waals surface area contributed by atoms with Crippen molar-refractivity contribution in [3.05, 3.63) is 29.8 Å². The lowest BCUT2D eigenvalue weighted by atomic mass is 10.2. The van der Waals surface area contributed by atoms with Crippen LogP contribution in [0.3, 0.4) is 0 Å². The van der Waals surface area contributed by atoms with Crippen molar-refractivity contribution in [2.45, 2.75) is 23.8 Å². The maximum atomic E-state index is 13.6. The molecule has 2 amide bonds. The molecule has 1 aliphatic heterocycles. The highest BCUT2D eigenvalue weighted by Gasteiger charge is 2.37. The summed E-state index contributed by atoms with van der Waals surface area (Å²) in [5.41, 5.74) is 0. The van der Waals surface area contributed by atoms with Gasteiger partial charge in [-0.25, -0.2) is 26.7 Å². The van der Waals surface area contributed by atoms with Crippen molar-refractivity contribution < 1.29 is 31.5 Å². The summed E-state index contributed by atoms with van der Waals surface area (Å²) in [6, 6.07) is 0.849. The van der Waals surface area contributed by atoms with Crippen molar-refractivity contribution in [1.29, 1.82) is 0 Å². The number of nitrogens with zero attached hydrogens (tertiary/aromatic N) is 1. The van der Waals surface area contributed by atoms with E-state index in [4.69, 9.17) is 0 Å². The number of methoxy groups -OCH3 is 1. The molecule has 0 spiro atoms. The van der Waals surface area contributed by atoms with E-state index in [1.807, 2.05) is 0 Å². The van der Waals surface area contributed by atoms with E-state index in [0.717, 1.165) is 18.1 Å². The number of sulfonamides is 1. The lowest BCUT2D eigenvalue weighted by Crippen LogP contribution is -2.47. The SMILES string of the molecule is COC(=O)N1CCC[C@@H]1C(=O)NS(=O)(=O)c1ccc(F)cc1F. The molecule has 1 N–H and O–H groups in total. The fourth-order valence-electron chi connectivity index (χ4n) is 2.32. The number of halogens is 2. The lowest BCUT2D eigenvalue weighted by Gasteiger charge is -2.22. The molecule has 1 atom stereocenters. The van der Waals surface area contributed by atoms with Crippen molar-refractivity contribution in [1.82, 2.24) is 9.62 Å². The van der Waals surface area contributed by atoms with Crippen LogP contribution in [0.2, 0.25) is 0 Å². The van der Waals surface area contributed by atoms with Crippen LogP contribution in [0.25, 0.3) is 0 Å². The van der Waals surface area contributed by atoms with Gasteiger partial charge in [-0.1, -0.05) is 0 Å². The maximum Gasteiger partial charge on any atom is 0.410 e. The molecule has 1 saturated heterocycles. The molecule has 1 aromatic rings. The summed E-state index contributed by atoms with van der Waals surface area (Å²) in [6.45, 7) is 0.246. The number of nitrogens with one attached hydrogen (secondary N) is 1. The third kappa shape index (κ3) is 3.58. The van der Waals surface area contributed by atoms with Gasteiger partial charge in [-0.3, -0.25) is 9.69 Å². The summed E-state index contributed by atoms with van der Waals surface area (Å²) in [6.07, 6.45) is -0.00598. The molecular formula is C13H14F2N2O5S. The first-order valence-electron chi connectivity index (χ1n) is 6.62. The molecule has 0 unspecified atom stereocenters. The standard InChI is InChI=1S/C13H14F2N2O5S/c1-22-13(19)17-6-2-3-10(17)12(18)16-23(20,21)11-5-4-8(14)7-9(11)15/h4-5,7,10H,2-3,6H2,1H3,(H,16,18)/t10-/m1/s1. The minimum Gasteiger partial charge on any atom is -0.453 e. The monoisotopic (exact) mass is 348 g/mol. The molecule has 1 heterocycles. The number of carbonyl (C=O) groups is 2. The van der Waals surface area contributed by atoms with Crippen LogP contribution in [0, 0.1) is 11.6 Å². The molecule has 2 rings (SSSR count). The molecule has 1 fully saturated rings. The number of hydrogen-bond acceptors (Lipinski definition) is 5. The Labute approximate surface area is 131 Å². The topological polar surface area (TPSA) is 92.8 Å². The Morgan fingerprint density at radius 3 is 2.65 bits per heavy atom. The predicted octanol–water partition coefficient (Wildman–Crippen LogP) is 1.00. The number of amides is 2. The van der Waals surface area contributed by atoms with Gasteiger partial charge in [0.1, 0.15) is 22.6 Å². The Morgan fingerprint density at radius 1 is 1.35 bits per heavy atom. The van der Waals surface area contributed by atoms with Gasteiger partial charge in [0.25, 0.3) is 15.9 Å². The number of rotatable bonds is 3. The van der Waals surface area contributed by atoms with E-state index in [2.05, 4.69) is 4.74 Å². The van der Waals surface area contributed by atoms with Crippen LogP contribution in [0.15, 0.2) is 23.1 Å². The molecule has 0 aliphatic carbocycles. The number of benzene rings is 1. The second-order valence-electron chi connectivity index (χ2n) is 4.87. The summed E-state index contributed by atoms with van der Waals surface area (Å²) in [5, 5.41) is 0. The van der Waals surface area contributed by atoms with Gasteiger partial charge >= 0.3 is 6.09 Å². The van der Waals surface area contributed by atoms with Crippen LogP contribution >= 0.6 is 0 Å². The van der Waals surface area contributed by atoms with Crippen molar-refractivity contribution in [3.63, 3.8) is 0 Å². The highest BCUT2D eigenvalue weighted by atomic mass is 32.2. The Bertz CT molecular complexity index is 738. The zero-order chi connectivity index (χ0) is 17.2. The average Bonchev–Trinajstić information content (AvgIpc) is 2.95. The van der Waals surface area contributed by atoms with Crippen molar-refractivity contribution in [2.24, 2.45) is 0 Å². The van der Waals surface area contributed by atoms with Gasteiger partial charge in [0, 0.05) is 12.6 Å². The summed E-state index contributed by atoms with van der Waals surface area (Å²) in [4.78, 5) is 23.9. The summed E-state index contributed by atoms with van der Waals surface area (Å²) < 4.78 is 56.7. The molecule has 23 heavy (non-hydrogen) atoms. The van der Waals surface area contributed by atoms with Gasteiger partial charge in [-0.05, 0) is 25.0 Å². The molecule has 0 saturated carbocycles. The van der Waals surface area contributed by atoms with E-state index in [1.165, 1.54) is 0 Å². The third-order valence-corrected chi connectivity index (χ3v) is 4.76. The van der Waals surface area contributed by atoms with Gasteiger partial charge in [-0.2, -0.15) is 0 Å². The normalized spacial score (nSPS) is 17.9. The Morgan fingerprint density at radius 2 is 2.04 bits per heavy atom. The van der Waals surface area contributed by atoms with Crippen molar-refractivity contribution in [3.8, 4) is 0 Å². The van der Waals surface area contributed by atoms with E-state index in [1.54, 1.807) is 4.72 Å². The van der Waals surface area contributed by atoms with Gasteiger partial charge in [-0.15, -0.1) is 0 Å². The zero-order valence-electron chi connectivity index (χ0n) is 12.1. The second kappa shape index (κ2) is 6.49. The molecule has 0 radical (unpaired) electrons. The first kappa shape index (κ1) is 17.1. The molecule has 1 aliphatic rings. The van der Waals surface area contributed by atoms with Crippen molar-refractivity contribution >= 4 is 22.0 Å². The molecule has 0 aromatic heterocycles. The quantitative estimate of drug-likeness (QED) is 0.880. The molecule has 10 heteroatoms. The number of carbonyl (C=O) groups excluding carboxylic acids is 2. The van der Waals surface area contributed by atoms with Crippen LogP contribution in [-0.4, -0.2) is 45.0 Å². The maximum absolute atomic E-state index is 13.6. The van der Waals surface area contributed by atoms with Gasteiger partial charge in [0.05, 0.1) is 7.11 Å². The van der Waals surface area contributed by atoms with Gasteiger partial charge < -0.3 is 4.74 Å². The number of hydrogen-bond donors (Lipinski definition) is 1. The number of ether oxygens (including phenoxy) is 1. The van der Waals surface area contributed by atoms with E-state index in [0.29, 0.717) is 18.6 Å². The largest absolute Gasteiger partial charge is 0.453 e. The highest BCUT2D eigenvalue weighted by molar-refractivity contribution is 7.90. The minimum atomic E-state index is -4.52. The minimum absolute atomic E-state index is 0.246. The smallest absolute Gasteiger partial charge is 0.410 e. The van der Waals surface area contributed by atoms with Gasteiger partial charge in [0.15, 0.2) is 0 Å². The Balaban J connectivity index is 2.20. The Kier molecular flexibility index (Phi) is 4.83. The molecule has 0 bridgehead atoms. The molecule has 1 aromatic carbocycles. The summed E-state index contributed by atoms with van der Waals surface area (Å²) in [5.74, 6) is -3.24. The summed E-state index contributed by atoms with van der Waals surface area (Å²) in [7, 11) is -3.38. The third-order valence-electron chi connectivity index (χ3n) is 3.38. The van der Waals surface area contributed by atoms with E-state index < -0.39 is 44.6 Å². The van der Waals surface area contributed by atoms with Crippen LogP contribution < -0.4 is 4.72 Å². The van der Waals surface area contributed by atoms with Crippen LogP contribution in [0.1, 0.15) is 12.8 Å². The molecule has 7 nitrogen and oxygen atoms in total. The fraction of sp³-hybridized carbons (Fsp3) is 0.385. The van der Waals surface area contributed by atoms with Crippen LogP contribution in [0.4, 0.5) is 13.6 Å². The molecule has 126 valence electrons. The van der Waals surface area contributed by atoms with Gasteiger partial charge in [0.2, 0.25) is 0 Å². The first-order chi connectivity index (χ1) is 10.8. The first-order valence-corrected chi connectivity index (χ1v) is 8.11. The van der Waals surface area contributed by atoms with E-state index in [-0.39, 0.29) is 13.0 Å².